The van der Waals surface area contributed by atoms with Gasteiger partial charge in [0, 0.05) is 30.4 Å². The number of amides is 1. The Morgan fingerprint density at radius 2 is 1.72 bits per heavy atom. The third kappa shape index (κ3) is 3.20. The summed E-state index contributed by atoms with van der Waals surface area (Å²) in [6.45, 7) is 1.93. The maximum Gasteiger partial charge on any atom is 0.259 e. The number of hydrogen-bond donors (Lipinski definition) is 1. The fourth-order valence-corrected chi connectivity index (χ4v) is 3.46. The van der Waals surface area contributed by atoms with Gasteiger partial charge in [-0.15, -0.1) is 0 Å². The molecule has 4 rings (SSSR count). The number of nitrogens with zero attached hydrogens (tertiary/aromatic N) is 2. The van der Waals surface area contributed by atoms with Crippen LogP contribution in [0.15, 0.2) is 60.8 Å². The van der Waals surface area contributed by atoms with Crippen LogP contribution in [0, 0.1) is 0 Å². The molecule has 4 nitrogen and oxygen atoms in total. The standard InChI is InChI=1S/C21H21N3O/c25-21(23-19-12-6-9-16-8-2-3-10-17(16)19)18-11-7-13-22-20(18)24-14-4-1-5-15-24/h2-3,6-13H,1,4-5,14-15H2,(H,23,25). The highest BCUT2D eigenvalue weighted by Crippen LogP contribution is 2.26. The Balaban J connectivity index is 1.65. The molecule has 0 spiro atoms. The monoisotopic (exact) mass is 331 g/mol. The van der Waals surface area contributed by atoms with Gasteiger partial charge in [0.15, 0.2) is 0 Å². The van der Waals surface area contributed by atoms with Crippen molar-refractivity contribution < 1.29 is 4.79 Å². The zero-order chi connectivity index (χ0) is 17.1. The molecule has 126 valence electrons. The molecular weight excluding hydrogens is 310 g/mol. The largest absolute Gasteiger partial charge is 0.356 e. The molecule has 25 heavy (non-hydrogen) atoms. The molecule has 0 unspecified atom stereocenters. The lowest BCUT2D eigenvalue weighted by Gasteiger charge is -2.29. The van der Waals surface area contributed by atoms with Crippen LogP contribution in [0.2, 0.25) is 0 Å². The number of anilines is 2. The lowest BCUT2D eigenvalue weighted by molar-refractivity contribution is 0.102. The first-order chi connectivity index (χ1) is 12.3. The molecule has 0 radical (unpaired) electrons. The number of nitrogens with one attached hydrogen (secondary N) is 1. The Hall–Kier alpha value is -2.88. The highest BCUT2D eigenvalue weighted by molar-refractivity contribution is 6.11. The summed E-state index contributed by atoms with van der Waals surface area (Å²) in [5.74, 6) is 0.685. The highest BCUT2D eigenvalue weighted by atomic mass is 16.1. The van der Waals surface area contributed by atoms with Crippen molar-refractivity contribution in [2.75, 3.05) is 23.3 Å². The second kappa shape index (κ2) is 6.93. The van der Waals surface area contributed by atoms with Gasteiger partial charge in [-0.25, -0.2) is 4.98 Å². The Morgan fingerprint density at radius 3 is 2.60 bits per heavy atom. The average molecular weight is 331 g/mol. The van der Waals surface area contributed by atoms with Gasteiger partial charge in [-0.1, -0.05) is 36.4 Å². The van der Waals surface area contributed by atoms with Crippen molar-refractivity contribution >= 4 is 28.2 Å². The van der Waals surface area contributed by atoms with Gasteiger partial charge in [0.05, 0.1) is 5.56 Å². The third-order valence-electron chi connectivity index (χ3n) is 4.72. The van der Waals surface area contributed by atoms with E-state index >= 15 is 0 Å². The van der Waals surface area contributed by atoms with Crippen LogP contribution in [0.5, 0.6) is 0 Å². The van der Waals surface area contributed by atoms with Crippen LogP contribution in [0.1, 0.15) is 29.6 Å². The first-order valence-corrected chi connectivity index (χ1v) is 8.82. The number of carbonyl (C=O) groups excluding carboxylic acids is 1. The molecule has 1 aromatic heterocycles. The van der Waals surface area contributed by atoms with Crippen molar-refractivity contribution in [2.45, 2.75) is 19.3 Å². The summed E-state index contributed by atoms with van der Waals surface area (Å²) in [7, 11) is 0. The second-order valence-electron chi connectivity index (χ2n) is 6.40. The maximum atomic E-state index is 12.9. The maximum absolute atomic E-state index is 12.9. The number of hydrogen-bond acceptors (Lipinski definition) is 3. The van der Waals surface area contributed by atoms with Gasteiger partial charge in [-0.05, 0) is 42.8 Å². The molecule has 1 aliphatic heterocycles. The summed E-state index contributed by atoms with van der Waals surface area (Å²) in [5, 5.41) is 5.23. The molecule has 1 fully saturated rings. The topological polar surface area (TPSA) is 45.2 Å². The lowest BCUT2D eigenvalue weighted by Crippen LogP contribution is -2.32. The molecule has 0 bridgehead atoms. The molecule has 2 heterocycles. The first-order valence-electron chi connectivity index (χ1n) is 8.82. The Bertz CT molecular complexity index is 895. The predicted molar refractivity (Wildman–Crippen MR) is 102 cm³/mol. The molecule has 0 atom stereocenters. The SMILES string of the molecule is O=C(Nc1cccc2ccccc12)c1cccnc1N1CCCCC1. The van der Waals surface area contributed by atoms with Gasteiger partial charge in [0.2, 0.25) is 0 Å². The Kier molecular flexibility index (Phi) is 4.34. The smallest absolute Gasteiger partial charge is 0.259 e. The van der Waals surface area contributed by atoms with Crippen molar-refractivity contribution in [2.24, 2.45) is 0 Å². The molecule has 0 aliphatic carbocycles. The van der Waals surface area contributed by atoms with E-state index < -0.39 is 0 Å². The van der Waals surface area contributed by atoms with E-state index in [2.05, 4.69) is 15.2 Å². The normalized spacial score (nSPS) is 14.5. The number of piperidine rings is 1. The zero-order valence-corrected chi connectivity index (χ0v) is 14.1. The fourth-order valence-electron chi connectivity index (χ4n) is 3.46. The second-order valence-corrected chi connectivity index (χ2v) is 6.40. The third-order valence-corrected chi connectivity index (χ3v) is 4.72. The van der Waals surface area contributed by atoms with Gasteiger partial charge in [0.25, 0.3) is 5.91 Å². The van der Waals surface area contributed by atoms with Crippen LogP contribution >= 0.6 is 0 Å². The highest BCUT2D eigenvalue weighted by Gasteiger charge is 2.20. The molecule has 1 saturated heterocycles. The number of aromatic nitrogens is 1. The average Bonchev–Trinajstić information content (AvgIpc) is 2.69. The summed E-state index contributed by atoms with van der Waals surface area (Å²) in [5.41, 5.74) is 1.47. The van der Waals surface area contributed by atoms with Gasteiger partial charge < -0.3 is 10.2 Å². The van der Waals surface area contributed by atoms with Gasteiger partial charge in [-0.3, -0.25) is 4.79 Å². The summed E-state index contributed by atoms with van der Waals surface area (Å²) in [4.78, 5) is 19.7. The number of benzene rings is 2. The molecule has 2 aromatic carbocycles. The molecule has 4 heteroatoms. The van der Waals surface area contributed by atoms with E-state index in [1.807, 2.05) is 54.6 Å². The van der Waals surface area contributed by atoms with E-state index in [-0.39, 0.29) is 5.91 Å². The van der Waals surface area contributed by atoms with Crippen LogP contribution in [0.4, 0.5) is 11.5 Å². The number of fused-ring (bicyclic) bond motifs is 1. The molecule has 1 N–H and O–H groups in total. The van der Waals surface area contributed by atoms with E-state index in [4.69, 9.17) is 0 Å². The van der Waals surface area contributed by atoms with Crippen LogP contribution in [0.25, 0.3) is 10.8 Å². The molecule has 1 amide bonds. The molecule has 3 aromatic rings. The van der Waals surface area contributed by atoms with Gasteiger partial charge >= 0.3 is 0 Å². The molecular formula is C21H21N3O. The van der Waals surface area contributed by atoms with E-state index in [9.17, 15) is 4.79 Å². The summed E-state index contributed by atoms with van der Waals surface area (Å²) < 4.78 is 0. The fraction of sp³-hybridized carbons (Fsp3) is 0.238. The first kappa shape index (κ1) is 15.6. The number of pyridine rings is 1. The van der Waals surface area contributed by atoms with Crippen molar-refractivity contribution in [3.8, 4) is 0 Å². The zero-order valence-electron chi connectivity index (χ0n) is 14.1. The number of carbonyl (C=O) groups is 1. The van der Waals surface area contributed by atoms with Crippen molar-refractivity contribution in [3.05, 3.63) is 66.4 Å². The van der Waals surface area contributed by atoms with Crippen LogP contribution in [-0.2, 0) is 0 Å². The summed E-state index contributed by atoms with van der Waals surface area (Å²) in [6, 6.07) is 17.7. The van der Waals surface area contributed by atoms with Crippen LogP contribution < -0.4 is 10.2 Å². The van der Waals surface area contributed by atoms with Crippen molar-refractivity contribution in [1.29, 1.82) is 0 Å². The summed E-state index contributed by atoms with van der Waals surface area (Å²) in [6.07, 6.45) is 5.32. The van der Waals surface area contributed by atoms with Crippen LogP contribution in [0.3, 0.4) is 0 Å². The predicted octanol–water partition coefficient (Wildman–Crippen LogP) is 4.48. The molecule has 0 saturated carbocycles. The van der Waals surface area contributed by atoms with E-state index in [0.29, 0.717) is 5.56 Å². The van der Waals surface area contributed by atoms with Crippen molar-refractivity contribution in [1.82, 2.24) is 4.98 Å². The van der Waals surface area contributed by atoms with Crippen LogP contribution in [-0.4, -0.2) is 24.0 Å². The Labute approximate surface area is 147 Å². The Morgan fingerprint density at radius 1 is 0.920 bits per heavy atom. The van der Waals surface area contributed by atoms with E-state index in [1.165, 1.54) is 6.42 Å². The minimum absolute atomic E-state index is 0.106. The van der Waals surface area contributed by atoms with Gasteiger partial charge in [0.1, 0.15) is 5.82 Å². The lowest BCUT2D eigenvalue weighted by atomic mass is 10.1. The number of rotatable bonds is 3. The molecule has 1 aliphatic rings. The van der Waals surface area contributed by atoms with E-state index in [1.54, 1.807) is 6.20 Å². The van der Waals surface area contributed by atoms with E-state index in [0.717, 1.165) is 48.2 Å². The minimum Gasteiger partial charge on any atom is -0.356 e. The van der Waals surface area contributed by atoms with Gasteiger partial charge in [-0.2, -0.15) is 0 Å². The van der Waals surface area contributed by atoms with Crippen molar-refractivity contribution in [3.63, 3.8) is 0 Å². The quantitative estimate of drug-likeness (QED) is 0.770. The summed E-state index contributed by atoms with van der Waals surface area (Å²) >= 11 is 0. The minimum atomic E-state index is -0.106.